The number of carbonyl (C=O) groups is 1. The fourth-order valence-electron chi connectivity index (χ4n) is 2.11. The van der Waals surface area contributed by atoms with Crippen molar-refractivity contribution in [2.45, 2.75) is 19.8 Å². The molecule has 0 spiro atoms. The highest BCUT2D eigenvalue weighted by Crippen LogP contribution is 2.37. The van der Waals surface area contributed by atoms with E-state index in [1.807, 2.05) is 30.0 Å². The Hall–Kier alpha value is -1.51. The molecule has 0 bridgehead atoms. The van der Waals surface area contributed by atoms with Gasteiger partial charge in [0.2, 0.25) is 5.91 Å². The Balaban J connectivity index is 1.97. The zero-order valence-corrected chi connectivity index (χ0v) is 9.40. The minimum Gasteiger partial charge on any atom is -0.490 e. The maximum Gasteiger partial charge on any atom is 0.230 e. The van der Waals surface area contributed by atoms with Gasteiger partial charge < -0.3 is 9.64 Å². The molecule has 1 fully saturated rings. The van der Waals surface area contributed by atoms with E-state index in [0.717, 1.165) is 29.8 Å². The average Bonchev–Trinajstić information content (AvgIpc) is 3.11. The lowest BCUT2D eigenvalue weighted by Crippen LogP contribution is -2.38. The van der Waals surface area contributed by atoms with Crippen molar-refractivity contribution >= 4 is 11.6 Å². The van der Waals surface area contributed by atoms with E-state index < -0.39 is 0 Å². The summed E-state index contributed by atoms with van der Waals surface area (Å²) < 4.78 is 5.57. The third kappa shape index (κ3) is 1.56. The standard InChI is InChI=1S/C13H15NO2/c1-9-2-5-12-11(8-9)14(6-7-16-12)13(15)10-3-4-10/h2,5,8,10H,3-4,6-7H2,1H3. The maximum absolute atomic E-state index is 12.1. The highest BCUT2D eigenvalue weighted by Gasteiger charge is 2.35. The summed E-state index contributed by atoms with van der Waals surface area (Å²) in [7, 11) is 0. The van der Waals surface area contributed by atoms with E-state index in [1.165, 1.54) is 0 Å². The van der Waals surface area contributed by atoms with Gasteiger partial charge in [0, 0.05) is 5.92 Å². The monoisotopic (exact) mass is 217 g/mol. The Morgan fingerprint density at radius 2 is 2.25 bits per heavy atom. The van der Waals surface area contributed by atoms with Gasteiger partial charge in [0.25, 0.3) is 0 Å². The highest BCUT2D eigenvalue weighted by atomic mass is 16.5. The van der Waals surface area contributed by atoms with Gasteiger partial charge in [-0.05, 0) is 37.5 Å². The molecule has 0 aromatic heterocycles. The topological polar surface area (TPSA) is 29.5 Å². The summed E-state index contributed by atoms with van der Waals surface area (Å²) in [5.41, 5.74) is 2.11. The molecule has 1 aromatic rings. The molecule has 2 aliphatic rings. The van der Waals surface area contributed by atoms with Crippen LogP contribution in [0.2, 0.25) is 0 Å². The Morgan fingerprint density at radius 1 is 1.44 bits per heavy atom. The van der Waals surface area contributed by atoms with Crippen molar-refractivity contribution in [3.63, 3.8) is 0 Å². The first kappa shape index (κ1) is 9.70. The number of nitrogens with zero attached hydrogens (tertiary/aromatic N) is 1. The number of amides is 1. The van der Waals surface area contributed by atoms with Crippen LogP contribution in [0, 0.1) is 12.8 Å². The van der Waals surface area contributed by atoms with Crippen LogP contribution in [0.15, 0.2) is 18.2 Å². The van der Waals surface area contributed by atoms with Crippen LogP contribution >= 0.6 is 0 Å². The normalized spacial score (nSPS) is 18.9. The molecule has 1 aliphatic carbocycles. The molecule has 1 aromatic carbocycles. The predicted octanol–water partition coefficient (Wildman–Crippen LogP) is 2.13. The Morgan fingerprint density at radius 3 is 3.00 bits per heavy atom. The van der Waals surface area contributed by atoms with Crippen LogP contribution in [0.25, 0.3) is 0 Å². The number of carbonyl (C=O) groups excluding carboxylic acids is 1. The number of anilines is 1. The summed E-state index contributed by atoms with van der Waals surface area (Å²) in [4.78, 5) is 14.0. The first-order valence-corrected chi connectivity index (χ1v) is 5.80. The molecule has 0 radical (unpaired) electrons. The zero-order valence-electron chi connectivity index (χ0n) is 9.40. The molecule has 1 saturated carbocycles. The Kier molecular flexibility index (Phi) is 2.13. The van der Waals surface area contributed by atoms with Gasteiger partial charge in [0.15, 0.2) is 0 Å². The number of hydrogen-bond acceptors (Lipinski definition) is 2. The van der Waals surface area contributed by atoms with Gasteiger partial charge in [-0.2, -0.15) is 0 Å². The van der Waals surface area contributed by atoms with Gasteiger partial charge in [-0.3, -0.25) is 4.79 Å². The quantitative estimate of drug-likeness (QED) is 0.721. The first-order valence-electron chi connectivity index (χ1n) is 5.80. The number of benzene rings is 1. The van der Waals surface area contributed by atoms with Crippen molar-refractivity contribution in [1.29, 1.82) is 0 Å². The Bertz CT molecular complexity index is 438. The van der Waals surface area contributed by atoms with Gasteiger partial charge >= 0.3 is 0 Å². The minimum atomic E-state index is 0.270. The summed E-state index contributed by atoms with van der Waals surface area (Å²) in [5.74, 6) is 1.38. The predicted molar refractivity (Wildman–Crippen MR) is 61.8 cm³/mol. The molecular formula is C13H15NO2. The van der Waals surface area contributed by atoms with E-state index in [0.29, 0.717) is 13.2 Å². The van der Waals surface area contributed by atoms with E-state index in [9.17, 15) is 4.79 Å². The van der Waals surface area contributed by atoms with E-state index in [2.05, 4.69) is 0 Å². The fraction of sp³-hybridized carbons (Fsp3) is 0.462. The number of hydrogen-bond donors (Lipinski definition) is 0. The van der Waals surface area contributed by atoms with Crippen molar-refractivity contribution in [3.05, 3.63) is 23.8 Å². The van der Waals surface area contributed by atoms with Crippen LogP contribution in [0.1, 0.15) is 18.4 Å². The lowest BCUT2D eigenvalue weighted by Gasteiger charge is -2.30. The van der Waals surface area contributed by atoms with E-state index in [-0.39, 0.29) is 11.8 Å². The summed E-state index contributed by atoms with van der Waals surface area (Å²) in [6, 6.07) is 6.01. The van der Waals surface area contributed by atoms with E-state index in [1.54, 1.807) is 0 Å². The molecular weight excluding hydrogens is 202 g/mol. The number of rotatable bonds is 1. The molecule has 0 unspecified atom stereocenters. The smallest absolute Gasteiger partial charge is 0.230 e. The molecule has 3 heteroatoms. The lowest BCUT2D eigenvalue weighted by molar-refractivity contribution is -0.120. The summed E-state index contributed by atoms with van der Waals surface area (Å²) in [5, 5.41) is 0. The SMILES string of the molecule is Cc1ccc2c(c1)N(C(=O)C1CC1)CCO2. The molecule has 3 rings (SSSR count). The van der Waals surface area contributed by atoms with Crippen LogP contribution in [0.5, 0.6) is 5.75 Å². The second-order valence-corrected chi connectivity index (χ2v) is 4.58. The summed E-state index contributed by atoms with van der Waals surface area (Å²) >= 11 is 0. The fourth-order valence-corrected chi connectivity index (χ4v) is 2.11. The van der Waals surface area contributed by atoms with Crippen LogP contribution in [0.4, 0.5) is 5.69 Å². The van der Waals surface area contributed by atoms with E-state index >= 15 is 0 Å². The third-order valence-corrected chi connectivity index (χ3v) is 3.17. The molecule has 1 heterocycles. The molecule has 0 atom stereocenters. The van der Waals surface area contributed by atoms with Crippen molar-refractivity contribution < 1.29 is 9.53 Å². The highest BCUT2D eigenvalue weighted by molar-refractivity contribution is 5.98. The van der Waals surface area contributed by atoms with Gasteiger partial charge in [-0.1, -0.05) is 6.07 Å². The molecule has 16 heavy (non-hydrogen) atoms. The van der Waals surface area contributed by atoms with Crippen molar-refractivity contribution in [1.82, 2.24) is 0 Å². The number of fused-ring (bicyclic) bond motifs is 1. The first-order chi connectivity index (χ1) is 7.75. The largest absolute Gasteiger partial charge is 0.490 e. The van der Waals surface area contributed by atoms with Crippen LogP contribution in [-0.2, 0) is 4.79 Å². The molecule has 1 amide bonds. The molecule has 1 aliphatic heterocycles. The second-order valence-electron chi connectivity index (χ2n) is 4.58. The summed E-state index contributed by atoms with van der Waals surface area (Å²) in [6.07, 6.45) is 2.11. The van der Waals surface area contributed by atoms with Gasteiger partial charge in [-0.25, -0.2) is 0 Å². The molecule has 3 nitrogen and oxygen atoms in total. The Labute approximate surface area is 95.0 Å². The third-order valence-electron chi connectivity index (χ3n) is 3.17. The van der Waals surface area contributed by atoms with Crippen LogP contribution < -0.4 is 9.64 Å². The van der Waals surface area contributed by atoms with Gasteiger partial charge in [-0.15, -0.1) is 0 Å². The van der Waals surface area contributed by atoms with Crippen molar-refractivity contribution in [2.75, 3.05) is 18.1 Å². The number of ether oxygens (including phenoxy) is 1. The second kappa shape index (κ2) is 3.51. The average molecular weight is 217 g/mol. The molecule has 84 valence electrons. The van der Waals surface area contributed by atoms with E-state index in [4.69, 9.17) is 4.74 Å². The van der Waals surface area contributed by atoms with Crippen molar-refractivity contribution in [2.24, 2.45) is 5.92 Å². The number of aryl methyl sites for hydroxylation is 1. The van der Waals surface area contributed by atoms with Gasteiger partial charge in [0.05, 0.1) is 12.2 Å². The lowest BCUT2D eigenvalue weighted by atomic mass is 10.1. The minimum absolute atomic E-state index is 0.270. The maximum atomic E-state index is 12.1. The summed E-state index contributed by atoms with van der Waals surface area (Å²) in [6.45, 7) is 3.33. The van der Waals surface area contributed by atoms with Crippen LogP contribution in [0.3, 0.4) is 0 Å². The van der Waals surface area contributed by atoms with Gasteiger partial charge in [0.1, 0.15) is 12.4 Å². The molecule has 0 N–H and O–H groups in total. The molecule has 0 saturated heterocycles. The zero-order chi connectivity index (χ0) is 11.1. The van der Waals surface area contributed by atoms with Crippen LogP contribution in [-0.4, -0.2) is 19.1 Å². The van der Waals surface area contributed by atoms with Crippen molar-refractivity contribution in [3.8, 4) is 5.75 Å².